The third-order valence-corrected chi connectivity index (χ3v) is 5.07. The zero-order valence-corrected chi connectivity index (χ0v) is 17.4. The highest BCUT2D eigenvalue weighted by Crippen LogP contribution is 2.34. The van der Waals surface area contributed by atoms with Gasteiger partial charge in [-0.15, -0.1) is 0 Å². The van der Waals surface area contributed by atoms with Gasteiger partial charge in [-0.2, -0.15) is 5.26 Å². The number of imide groups is 1. The van der Waals surface area contributed by atoms with Gasteiger partial charge in [-0.3, -0.25) is 19.3 Å². The highest BCUT2D eigenvalue weighted by Gasteiger charge is 2.36. The fraction of sp³-hybridized carbons (Fsp3) is 0.143. The van der Waals surface area contributed by atoms with Crippen LogP contribution in [0.2, 0.25) is 0 Å². The quantitative estimate of drug-likeness (QED) is 0.631. The van der Waals surface area contributed by atoms with Crippen LogP contribution in [0.25, 0.3) is 6.08 Å². The number of amides is 3. The normalized spacial score (nSPS) is 14.4. The molecule has 0 radical (unpaired) electrons. The largest absolute Gasteiger partial charge is 0.493 e. The Hall–Kier alpha value is -3.91. The average molecular weight is 459 g/mol. The average Bonchev–Trinajstić information content (AvgIpc) is 3.02. The summed E-state index contributed by atoms with van der Waals surface area (Å²) in [5.74, 6) is -2.64. The van der Waals surface area contributed by atoms with Crippen molar-refractivity contribution in [2.24, 2.45) is 0 Å². The van der Waals surface area contributed by atoms with E-state index in [0.29, 0.717) is 34.9 Å². The lowest BCUT2D eigenvalue weighted by Crippen LogP contribution is -2.36. The lowest BCUT2D eigenvalue weighted by molar-refractivity contribution is -0.127. The summed E-state index contributed by atoms with van der Waals surface area (Å²) in [5.41, 5.74) is 0.249. The topological polar surface area (TPSA) is 109 Å². The maximum absolute atomic E-state index is 13.7. The van der Waals surface area contributed by atoms with E-state index in [2.05, 4.69) is 5.32 Å². The maximum Gasteiger partial charge on any atom is 0.294 e. The van der Waals surface area contributed by atoms with Crippen molar-refractivity contribution in [1.82, 2.24) is 4.90 Å². The van der Waals surface area contributed by atoms with Gasteiger partial charge in [0.15, 0.2) is 18.1 Å². The molecule has 0 unspecified atom stereocenters. The number of nitriles is 1. The van der Waals surface area contributed by atoms with Gasteiger partial charge in [0.2, 0.25) is 5.91 Å². The van der Waals surface area contributed by atoms with Crippen LogP contribution in [0.4, 0.5) is 19.3 Å². The minimum atomic E-state index is -0.983. The molecule has 1 aliphatic rings. The molecule has 32 heavy (non-hydrogen) atoms. The minimum Gasteiger partial charge on any atom is -0.493 e. The number of carbonyl (C=O) groups is 3. The number of methoxy groups -OCH3 is 1. The van der Waals surface area contributed by atoms with Crippen molar-refractivity contribution in [2.45, 2.75) is 0 Å². The van der Waals surface area contributed by atoms with Crippen LogP contribution < -0.4 is 14.8 Å². The number of thioether (sulfide) groups is 1. The molecule has 8 nitrogen and oxygen atoms in total. The summed E-state index contributed by atoms with van der Waals surface area (Å²) in [5, 5.41) is 10.1. The van der Waals surface area contributed by atoms with Crippen LogP contribution in [0, 0.1) is 23.0 Å². The first-order valence-corrected chi connectivity index (χ1v) is 9.82. The summed E-state index contributed by atoms with van der Waals surface area (Å²) in [6.07, 6.45) is 1.44. The van der Waals surface area contributed by atoms with E-state index in [0.717, 1.165) is 17.0 Å². The van der Waals surface area contributed by atoms with Crippen LogP contribution in [-0.2, 0) is 9.59 Å². The van der Waals surface area contributed by atoms with Crippen molar-refractivity contribution in [2.75, 3.05) is 25.6 Å². The molecular formula is C21H15F2N3O5S. The predicted molar refractivity (Wildman–Crippen MR) is 112 cm³/mol. The van der Waals surface area contributed by atoms with E-state index in [1.54, 1.807) is 18.2 Å². The van der Waals surface area contributed by atoms with Crippen LogP contribution in [-0.4, -0.2) is 42.2 Å². The number of carbonyl (C=O) groups excluding carboxylic acids is 3. The second-order valence-corrected chi connectivity index (χ2v) is 7.29. The molecule has 0 aromatic heterocycles. The fourth-order valence-corrected chi connectivity index (χ4v) is 3.55. The number of nitrogens with one attached hydrogen (secondary N) is 1. The summed E-state index contributed by atoms with van der Waals surface area (Å²) in [7, 11) is 1.41. The number of hydrogen-bond donors (Lipinski definition) is 1. The van der Waals surface area contributed by atoms with Gasteiger partial charge in [0.1, 0.15) is 24.2 Å². The molecule has 164 valence electrons. The maximum atomic E-state index is 13.7. The van der Waals surface area contributed by atoms with Crippen molar-refractivity contribution in [3.05, 3.63) is 58.5 Å². The SMILES string of the molecule is COc1cc(C=C2SC(=O)N(CC(=O)Nc3ccc(F)cc3F)C2=O)ccc1OCC#N. The Kier molecular flexibility index (Phi) is 7.07. The number of rotatable bonds is 7. The van der Waals surface area contributed by atoms with Crippen molar-refractivity contribution < 1.29 is 32.6 Å². The molecule has 0 spiro atoms. The lowest BCUT2D eigenvalue weighted by Gasteiger charge is -2.13. The van der Waals surface area contributed by atoms with E-state index in [1.807, 2.05) is 6.07 Å². The van der Waals surface area contributed by atoms with Crippen molar-refractivity contribution >= 4 is 40.6 Å². The number of benzene rings is 2. The molecule has 0 atom stereocenters. The van der Waals surface area contributed by atoms with Crippen molar-refractivity contribution in [3.63, 3.8) is 0 Å². The number of anilines is 1. The molecule has 0 saturated carbocycles. The van der Waals surface area contributed by atoms with Crippen LogP contribution in [0.1, 0.15) is 5.56 Å². The Morgan fingerprint density at radius 2 is 2.00 bits per heavy atom. The molecule has 1 saturated heterocycles. The Morgan fingerprint density at radius 1 is 1.22 bits per heavy atom. The number of ether oxygens (including phenoxy) is 2. The van der Waals surface area contributed by atoms with Gasteiger partial charge >= 0.3 is 0 Å². The zero-order chi connectivity index (χ0) is 23.3. The Balaban J connectivity index is 1.72. The minimum absolute atomic E-state index is 0.0727. The molecule has 0 bridgehead atoms. The molecule has 2 aromatic rings. The number of halogens is 2. The second kappa shape index (κ2) is 9.93. The van der Waals surface area contributed by atoms with E-state index in [9.17, 15) is 23.2 Å². The van der Waals surface area contributed by atoms with E-state index < -0.39 is 35.2 Å². The number of hydrogen-bond acceptors (Lipinski definition) is 7. The smallest absolute Gasteiger partial charge is 0.294 e. The van der Waals surface area contributed by atoms with Gasteiger partial charge in [-0.05, 0) is 47.7 Å². The molecule has 2 aromatic carbocycles. The van der Waals surface area contributed by atoms with E-state index in [4.69, 9.17) is 14.7 Å². The summed E-state index contributed by atoms with van der Waals surface area (Å²) >= 11 is 0.641. The van der Waals surface area contributed by atoms with Gasteiger partial charge in [0, 0.05) is 6.07 Å². The van der Waals surface area contributed by atoms with Crippen LogP contribution in [0.5, 0.6) is 11.5 Å². The summed E-state index contributed by atoms with van der Waals surface area (Å²) < 4.78 is 37.1. The molecule has 1 aliphatic heterocycles. The Labute approximate surface area is 185 Å². The first-order valence-electron chi connectivity index (χ1n) is 9.00. The third kappa shape index (κ3) is 5.22. The molecule has 11 heteroatoms. The highest BCUT2D eigenvalue weighted by atomic mass is 32.2. The molecular weight excluding hydrogens is 444 g/mol. The van der Waals surface area contributed by atoms with Gasteiger partial charge in [0.05, 0.1) is 17.7 Å². The number of nitrogens with zero attached hydrogens (tertiary/aromatic N) is 2. The van der Waals surface area contributed by atoms with Crippen molar-refractivity contribution in [1.29, 1.82) is 5.26 Å². The van der Waals surface area contributed by atoms with Crippen LogP contribution in [0.3, 0.4) is 0 Å². The van der Waals surface area contributed by atoms with E-state index >= 15 is 0 Å². The predicted octanol–water partition coefficient (Wildman–Crippen LogP) is 3.55. The van der Waals surface area contributed by atoms with Crippen molar-refractivity contribution in [3.8, 4) is 17.6 Å². The molecule has 1 heterocycles. The molecule has 0 aliphatic carbocycles. The van der Waals surface area contributed by atoms with Crippen LogP contribution in [0.15, 0.2) is 41.3 Å². The molecule has 3 rings (SSSR count). The lowest BCUT2D eigenvalue weighted by atomic mass is 10.2. The Bertz CT molecular complexity index is 1160. The fourth-order valence-electron chi connectivity index (χ4n) is 2.72. The summed E-state index contributed by atoms with van der Waals surface area (Å²) in [4.78, 5) is 37.8. The van der Waals surface area contributed by atoms with E-state index in [-0.39, 0.29) is 17.2 Å². The monoisotopic (exact) mass is 459 g/mol. The van der Waals surface area contributed by atoms with Crippen LogP contribution >= 0.6 is 11.8 Å². The first kappa shape index (κ1) is 22.8. The molecule has 3 amide bonds. The standard InChI is InChI=1S/C21H15F2N3O5S/c1-30-17-8-12(2-5-16(17)31-7-6-24)9-18-20(28)26(21(29)32-18)11-19(27)25-15-4-3-13(22)10-14(15)23/h2-5,8-10H,7,11H2,1H3,(H,25,27). The molecule has 1 N–H and O–H groups in total. The first-order chi connectivity index (χ1) is 15.3. The van der Waals surface area contributed by atoms with Gasteiger partial charge in [-0.25, -0.2) is 8.78 Å². The molecule has 1 fully saturated rings. The third-order valence-electron chi connectivity index (χ3n) is 4.16. The van der Waals surface area contributed by atoms with Gasteiger partial charge in [-0.1, -0.05) is 6.07 Å². The Morgan fingerprint density at radius 3 is 2.69 bits per heavy atom. The van der Waals surface area contributed by atoms with Gasteiger partial charge < -0.3 is 14.8 Å². The van der Waals surface area contributed by atoms with E-state index in [1.165, 1.54) is 13.2 Å². The van der Waals surface area contributed by atoms with Gasteiger partial charge in [0.25, 0.3) is 11.1 Å². The highest BCUT2D eigenvalue weighted by molar-refractivity contribution is 8.18. The zero-order valence-electron chi connectivity index (χ0n) is 16.6. The summed E-state index contributed by atoms with van der Waals surface area (Å²) in [6.45, 7) is -0.804. The second-order valence-electron chi connectivity index (χ2n) is 6.30. The summed E-state index contributed by atoms with van der Waals surface area (Å²) in [6, 6.07) is 9.16.